The number of nitrogens with zero attached hydrogens (tertiary/aromatic N) is 2. The largest absolute Gasteiger partial charge is 0.448 e. The van der Waals surface area contributed by atoms with E-state index < -0.39 is 5.41 Å². The molecule has 0 aliphatic carbocycles. The fraction of sp³-hybridized carbons (Fsp3) is 0.333. The molecule has 1 unspecified atom stereocenters. The summed E-state index contributed by atoms with van der Waals surface area (Å²) in [5.41, 5.74) is 0.533. The number of carbonyl (C=O) groups is 1. The summed E-state index contributed by atoms with van der Waals surface area (Å²) in [6, 6.07) is 10.0. The van der Waals surface area contributed by atoms with Gasteiger partial charge >= 0.3 is 0 Å². The quantitative estimate of drug-likeness (QED) is 0.847. The van der Waals surface area contributed by atoms with Gasteiger partial charge in [0.25, 0.3) is 0 Å². The molecule has 3 rings (SSSR count). The van der Waals surface area contributed by atoms with Crippen LogP contribution in [0.1, 0.15) is 24.8 Å². The van der Waals surface area contributed by atoms with Crippen LogP contribution in [0.25, 0.3) is 0 Å². The van der Waals surface area contributed by atoms with E-state index >= 15 is 0 Å². The number of carbonyl (C=O) groups excluding carboxylic acids is 1. The maximum absolute atomic E-state index is 12.6. The van der Waals surface area contributed by atoms with Gasteiger partial charge in [0.05, 0.1) is 6.20 Å². The van der Waals surface area contributed by atoms with Crippen molar-refractivity contribution in [1.82, 2.24) is 9.88 Å². The third-order valence-corrected chi connectivity index (χ3v) is 3.76. The number of hydrogen-bond donors (Lipinski definition) is 0. The number of benzene rings is 1. The summed E-state index contributed by atoms with van der Waals surface area (Å²) in [6.45, 7) is 3.30. The van der Waals surface area contributed by atoms with Crippen LogP contribution in [-0.2, 0) is 16.8 Å². The Balaban J connectivity index is 1.79. The van der Waals surface area contributed by atoms with E-state index in [9.17, 15) is 4.79 Å². The smallest absolute Gasteiger partial charge is 0.238 e. The number of oxazole rings is 1. The Morgan fingerprint density at radius 2 is 2.16 bits per heavy atom. The number of hydrogen-bond acceptors (Lipinski definition) is 3. The first-order valence-electron chi connectivity index (χ1n) is 6.43. The van der Waals surface area contributed by atoms with Crippen molar-refractivity contribution in [1.29, 1.82) is 0 Å². The maximum atomic E-state index is 12.6. The third kappa shape index (κ3) is 2.03. The summed E-state index contributed by atoms with van der Waals surface area (Å²) in [4.78, 5) is 18.6. The monoisotopic (exact) mass is 256 g/mol. The maximum Gasteiger partial charge on any atom is 0.238 e. The van der Waals surface area contributed by atoms with Crippen molar-refractivity contribution in [2.45, 2.75) is 25.3 Å². The predicted octanol–water partition coefficient (Wildman–Crippen LogP) is 2.36. The van der Waals surface area contributed by atoms with Crippen LogP contribution in [0.2, 0.25) is 0 Å². The van der Waals surface area contributed by atoms with Crippen molar-refractivity contribution in [2.75, 3.05) is 6.54 Å². The molecule has 1 fully saturated rings. The van der Waals surface area contributed by atoms with E-state index in [-0.39, 0.29) is 5.91 Å². The summed E-state index contributed by atoms with van der Waals surface area (Å²) in [7, 11) is 0. The Morgan fingerprint density at radius 3 is 2.84 bits per heavy atom. The van der Waals surface area contributed by atoms with Gasteiger partial charge in [-0.3, -0.25) is 4.79 Å². The first-order chi connectivity index (χ1) is 9.20. The van der Waals surface area contributed by atoms with E-state index in [4.69, 9.17) is 4.42 Å². The van der Waals surface area contributed by atoms with Gasteiger partial charge in [-0.05, 0) is 18.9 Å². The zero-order valence-electron chi connectivity index (χ0n) is 10.9. The highest BCUT2D eigenvalue weighted by molar-refractivity contribution is 5.88. The van der Waals surface area contributed by atoms with Crippen molar-refractivity contribution >= 4 is 5.91 Å². The Kier molecular flexibility index (Phi) is 2.85. The molecule has 1 aromatic carbocycles. The SMILES string of the molecule is CC1(c2ncco2)CCN(Cc2ccccc2)C1=O. The molecule has 1 aliphatic heterocycles. The van der Waals surface area contributed by atoms with E-state index in [0.29, 0.717) is 12.4 Å². The third-order valence-electron chi connectivity index (χ3n) is 3.76. The number of rotatable bonds is 3. The molecule has 0 bridgehead atoms. The summed E-state index contributed by atoms with van der Waals surface area (Å²) < 4.78 is 5.33. The zero-order valence-corrected chi connectivity index (χ0v) is 10.9. The highest BCUT2D eigenvalue weighted by Gasteiger charge is 2.47. The van der Waals surface area contributed by atoms with Crippen molar-refractivity contribution < 1.29 is 9.21 Å². The van der Waals surface area contributed by atoms with Gasteiger partial charge < -0.3 is 9.32 Å². The minimum absolute atomic E-state index is 0.0961. The van der Waals surface area contributed by atoms with Gasteiger partial charge in [-0.1, -0.05) is 30.3 Å². The molecule has 4 heteroatoms. The van der Waals surface area contributed by atoms with E-state index in [0.717, 1.165) is 18.5 Å². The molecule has 1 amide bonds. The van der Waals surface area contributed by atoms with Crippen LogP contribution in [0.15, 0.2) is 47.2 Å². The van der Waals surface area contributed by atoms with Gasteiger partial charge in [0.2, 0.25) is 11.8 Å². The molecular formula is C15H16N2O2. The molecule has 0 spiro atoms. The Morgan fingerprint density at radius 1 is 1.37 bits per heavy atom. The van der Waals surface area contributed by atoms with Crippen LogP contribution < -0.4 is 0 Å². The second kappa shape index (κ2) is 4.53. The number of amides is 1. The van der Waals surface area contributed by atoms with Gasteiger partial charge in [-0.15, -0.1) is 0 Å². The molecule has 4 nitrogen and oxygen atoms in total. The van der Waals surface area contributed by atoms with Gasteiger partial charge in [0.15, 0.2) is 0 Å². The molecule has 2 aromatic rings. The van der Waals surface area contributed by atoms with Crippen LogP contribution >= 0.6 is 0 Å². The molecule has 0 N–H and O–H groups in total. The predicted molar refractivity (Wildman–Crippen MR) is 70.3 cm³/mol. The van der Waals surface area contributed by atoms with E-state index in [1.165, 1.54) is 6.26 Å². The topological polar surface area (TPSA) is 46.3 Å². The van der Waals surface area contributed by atoms with Crippen LogP contribution in [0.5, 0.6) is 0 Å². The normalized spacial score (nSPS) is 23.0. The van der Waals surface area contributed by atoms with Crippen LogP contribution in [-0.4, -0.2) is 22.3 Å². The fourth-order valence-corrected chi connectivity index (χ4v) is 2.57. The molecule has 1 aromatic heterocycles. The molecule has 0 saturated carbocycles. The molecule has 2 heterocycles. The van der Waals surface area contributed by atoms with E-state index in [1.807, 2.05) is 42.2 Å². The number of likely N-dealkylation sites (tertiary alicyclic amines) is 1. The lowest BCUT2D eigenvalue weighted by molar-refractivity contribution is -0.133. The lowest BCUT2D eigenvalue weighted by Crippen LogP contribution is -2.35. The standard InChI is InChI=1S/C15H16N2O2/c1-15(13-16-8-10-19-13)7-9-17(14(15)18)11-12-5-3-2-4-6-12/h2-6,8,10H,7,9,11H2,1H3. The molecular weight excluding hydrogens is 240 g/mol. The highest BCUT2D eigenvalue weighted by Crippen LogP contribution is 2.35. The molecule has 1 atom stereocenters. The van der Waals surface area contributed by atoms with E-state index in [2.05, 4.69) is 4.98 Å². The van der Waals surface area contributed by atoms with Crippen LogP contribution in [0.4, 0.5) is 0 Å². The Labute approximate surface area is 112 Å². The van der Waals surface area contributed by atoms with Gasteiger partial charge in [-0.25, -0.2) is 4.98 Å². The summed E-state index contributed by atoms with van der Waals surface area (Å²) in [6.07, 6.45) is 3.86. The summed E-state index contributed by atoms with van der Waals surface area (Å²) in [5, 5.41) is 0. The van der Waals surface area contributed by atoms with Crippen molar-refractivity contribution in [2.24, 2.45) is 0 Å². The van der Waals surface area contributed by atoms with Crippen LogP contribution in [0.3, 0.4) is 0 Å². The van der Waals surface area contributed by atoms with Crippen molar-refractivity contribution in [3.05, 3.63) is 54.2 Å². The van der Waals surface area contributed by atoms with Gasteiger partial charge in [0.1, 0.15) is 11.7 Å². The van der Waals surface area contributed by atoms with Gasteiger partial charge in [-0.2, -0.15) is 0 Å². The molecule has 1 aliphatic rings. The first-order valence-corrected chi connectivity index (χ1v) is 6.43. The Hall–Kier alpha value is -2.10. The number of aromatic nitrogens is 1. The second-order valence-corrected chi connectivity index (χ2v) is 5.13. The average molecular weight is 256 g/mol. The fourth-order valence-electron chi connectivity index (χ4n) is 2.57. The highest BCUT2D eigenvalue weighted by atomic mass is 16.3. The summed E-state index contributed by atoms with van der Waals surface area (Å²) in [5.74, 6) is 0.617. The van der Waals surface area contributed by atoms with E-state index in [1.54, 1.807) is 6.20 Å². The van der Waals surface area contributed by atoms with Crippen molar-refractivity contribution in [3.63, 3.8) is 0 Å². The van der Waals surface area contributed by atoms with Crippen molar-refractivity contribution in [3.8, 4) is 0 Å². The minimum Gasteiger partial charge on any atom is -0.448 e. The molecule has 19 heavy (non-hydrogen) atoms. The lowest BCUT2D eigenvalue weighted by atomic mass is 9.89. The lowest BCUT2D eigenvalue weighted by Gasteiger charge is -2.20. The zero-order chi connectivity index (χ0) is 13.3. The average Bonchev–Trinajstić information content (AvgIpc) is 3.05. The summed E-state index contributed by atoms with van der Waals surface area (Å²) >= 11 is 0. The Bertz CT molecular complexity index is 565. The first kappa shape index (κ1) is 12.0. The minimum atomic E-state index is -0.613. The van der Waals surface area contributed by atoms with Crippen LogP contribution in [0, 0.1) is 0 Å². The molecule has 98 valence electrons. The molecule has 0 radical (unpaired) electrons. The second-order valence-electron chi connectivity index (χ2n) is 5.13. The molecule has 1 saturated heterocycles. The van der Waals surface area contributed by atoms with Gasteiger partial charge in [0, 0.05) is 13.1 Å².